The Labute approximate surface area is 135 Å². The highest BCUT2D eigenvalue weighted by atomic mass is 32.2. The Kier molecular flexibility index (Phi) is 5.49. The first-order valence-corrected chi connectivity index (χ1v) is 8.39. The molecule has 0 saturated carbocycles. The van der Waals surface area contributed by atoms with Gasteiger partial charge in [-0.2, -0.15) is 4.31 Å². The zero-order valence-corrected chi connectivity index (χ0v) is 13.4. The first-order valence-electron chi connectivity index (χ1n) is 6.95. The summed E-state index contributed by atoms with van der Waals surface area (Å²) >= 11 is 0. The average Bonchev–Trinajstić information content (AvgIpc) is 2.55. The van der Waals surface area contributed by atoms with Crippen LogP contribution in [0.2, 0.25) is 0 Å². The van der Waals surface area contributed by atoms with Gasteiger partial charge in [0.1, 0.15) is 0 Å². The third kappa shape index (κ3) is 4.38. The Bertz CT molecular complexity index is 758. The molecule has 0 radical (unpaired) electrons. The van der Waals surface area contributed by atoms with Gasteiger partial charge < -0.3 is 10.7 Å². The first kappa shape index (κ1) is 17.1. The third-order valence-corrected chi connectivity index (χ3v) is 5.10. The lowest BCUT2D eigenvalue weighted by molar-refractivity contribution is -0.120. The summed E-state index contributed by atoms with van der Waals surface area (Å²) in [5.41, 5.74) is 2.87. The molecule has 0 bridgehead atoms. The Morgan fingerprint density at radius 1 is 1.09 bits per heavy atom. The SMILES string of the molecule is Cc1ccc(S(=O)(=O)N(CC(=O)N[O-])Cc2ccccc2)cc1. The highest BCUT2D eigenvalue weighted by Crippen LogP contribution is 2.18. The van der Waals surface area contributed by atoms with Crippen LogP contribution in [0.5, 0.6) is 0 Å². The molecule has 23 heavy (non-hydrogen) atoms. The van der Waals surface area contributed by atoms with Gasteiger partial charge in [-0.15, -0.1) is 0 Å². The number of nitrogens with one attached hydrogen (secondary N) is 1. The predicted molar refractivity (Wildman–Crippen MR) is 86.7 cm³/mol. The van der Waals surface area contributed by atoms with Gasteiger partial charge in [0.05, 0.1) is 11.4 Å². The van der Waals surface area contributed by atoms with Gasteiger partial charge in [-0.25, -0.2) is 8.42 Å². The number of carbonyl (C=O) groups is 1. The van der Waals surface area contributed by atoms with Gasteiger partial charge in [-0.3, -0.25) is 4.79 Å². The molecule has 0 aliphatic rings. The van der Waals surface area contributed by atoms with E-state index in [4.69, 9.17) is 0 Å². The summed E-state index contributed by atoms with van der Waals surface area (Å²) in [5.74, 6) is -0.906. The summed E-state index contributed by atoms with van der Waals surface area (Å²) in [5, 5.41) is 10.5. The van der Waals surface area contributed by atoms with E-state index < -0.39 is 22.5 Å². The largest absolute Gasteiger partial charge is 0.759 e. The molecule has 2 rings (SSSR count). The van der Waals surface area contributed by atoms with E-state index in [-0.39, 0.29) is 11.4 Å². The van der Waals surface area contributed by atoms with E-state index in [1.165, 1.54) is 17.6 Å². The standard InChI is InChI=1S/C16H17N2O4S/c1-13-7-9-15(10-8-13)23(21,22)18(12-16(19)17-20)11-14-5-3-2-4-6-14/h2-10H,11-12H2,1H3,(H-,17,19,20)/q-1. The lowest BCUT2D eigenvalue weighted by atomic mass is 10.2. The summed E-state index contributed by atoms with van der Waals surface area (Å²) in [6.45, 7) is 1.32. The number of benzene rings is 2. The third-order valence-electron chi connectivity index (χ3n) is 3.29. The zero-order valence-electron chi connectivity index (χ0n) is 12.6. The highest BCUT2D eigenvalue weighted by Gasteiger charge is 2.26. The van der Waals surface area contributed by atoms with Gasteiger partial charge in [-0.1, -0.05) is 48.0 Å². The van der Waals surface area contributed by atoms with E-state index in [9.17, 15) is 18.4 Å². The maximum absolute atomic E-state index is 12.7. The maximum atomic E-state index is 12.7. The number of nitrogens with zero attached hydrogens (tertiary/aromatic N) is 1. The van der Waals surface area contributed by atoms with Crippen molar-refractivity contribution < 1.29 is 13.2 Å². The van der Waals surface area contributed by atoms with E-state index in [2.05, 4.69) is 0 Å². The van der Waals surface area contributed by atoms with Crippen LogP contribution in [0.4, 0.5) is 0 Å². The smallest absolute Gasteiger partial charge is 0.243 e. The van der Waals surface area contributed by atoms with E-state index >= 15 is 0 Å². The van der Waals surface area contributed by atoms with Crippen molar-refractivity contribution in [3.05, 3.63) is 70.9 Å². The van der Waals surface area contributed by atoms with E-state index in [0.717, 1.165) is 15.4 Å². The number of hydroxylamine groups is 1. The van der Waals surface area contributed by atoms with Gasteiger partial charge in [-0.05, 0) is 24.6 Å². The highest BCUT2D eigenvalue weighted by molar-refractivity contribution is 7.89. The molecule has 6 nitrogen and oxygen atoms in total. The fourth-order valence-corrected chi connectivity index (χ4v) is 3.45. The van der Waals surface area contributed by atoms with Crippen LogP contribution < -0.4 is 5.48 Å². The van der Waals surface area contributed by atoms with Crippen molar-refractivity contribution in [1.82, 2.24) is 9.79 Å². The molecule has 2 aromatic rings. The van der Waals surface area contributed by atoms with Gasteiger partial charge in [0.25, 0.3) is 0 Å². The molecule has 122 valence electrons. The summed E-state index contributed by atoms with van der Waals surface area (Å²) < 4.78 is 26.5. The number of hydrogen-bond acceptors (Lipinski definition) is 4. The molecular formula is C16H17N2O4S-. The quantitative estimate of drug-likeness (QED) is 0.816. The topological polar surface area (TPSA) is 89.5 Å². The van der Waals surface area contributed by atoms with Crippen molar-refractivity contribution in [3.63, 3.8) is 0 Å². The Morgan fingerprint density at radius 3 is 2.26 bits per heavy atom. The van der Waals surface area contributed by atoms with Gasteiger partial charge in [0.2, 0.25) is 15.9 Å². The molecule has 0 heterocycles. The van der Waals surface area contributed by atoms with Gasteiger partial charge in [0, 0.05) is 6.54 Å². The number of sulfonamides is 1. The number of hydrogen-bond donors (Lipinski definition) is 1. The molecule has 0 aromatic heterocycles. The van der Waals surface area contributed by atoms with Crippen LogP contribution in [-0.4, -0.2) is 25.2 Å². The number of amides is 1. The summed E-state index contributed by atoms with van der Waals surface area (Å²) in [7, 11) is -3.89. The molecule has 0 aliphatic heterocycles. The molecule has 1 N–H and O–H groups in total. The van der Waals surface area contributed by atoms with Crippen LogP contribution in [0.15, 0.2) is 59.5 Å². The number of aryl methyl sites for hydroxylation is 1. The van der Waals surface area contributed by atoms with E-state index in [1.807, 2.05) is 13.0 Å². The first-order chi connectivity index (χ1) is 10.9. The molecular weight excluding hydrogens is 316 g/mol. The molecule has 0 atom stereocenters. The summed E-state index contributed by atoms with van der Waals surface area (Å²) in [6.07, 6.45) is 0. The van der Waals surface area contributed by atoms with Crippen LogP contribution >= 0.6 is 0 Å². The molecule has 0 spiro atoms. The minimum Gasteiger partial charge on any atom is -0.759 e. The molecule has 0 fully saturated rings. The molecule has 0 saturated heterocycles. The maximum Gasteiger partial charge on any atom is 0.243 e. The van der Waals surface area contributed by atoms with Crippen LogP contribution in [0.1, 0.15) is 11.1 Å². The summed E-state index contributed by atoms with van der Waals surface area (Å²) in [6, 6.07) is 15.2. The van der Waals surface area contributed by atoms with Crippen molar-refractivity contribution >= 4 is 15.9 Å². The normalized spacial score (nSPS) is 11.4. The van der Waals surface area contributed by atoms with Crippen molar-refractivity contribution in [2.75, 3.05) is 6.54 Å². The Hall–Kier alpha value is -2.22. The Balaban J connectivity index is 2.35. The zero-order chi connectivity index (χ0) is 16.9. The summed E-state index contributed by atoms with van der Waals surface area (Å²) in [4.78, 5) is 11.5. The second kappa shape index (κ2) is 7.36. The van der Waals surface area contributed by atoms with Crippen molar-refractivity contribution in [2.24, 2.45) is 0 Å². The molecule has 2 aromatic carbocycles. The Morgan fingerprint density at radius 2 is 1.70 bits per heavy atom. The van der Waals surface area contributed by atoms with Gasteiger partial charge in [0.15, 0.2) is 0 Å². The number of carbonyl (C=O) groups excluding carboxylic acids is 1. The van der Waals surface area contributed by atoms with Crippen molar-refractivity contribution in [2.45, 2.75) is 18.4 Å². The van der Waals surface area contributed by atoms with Crippen LogP contribution in [0, 0.1) is 12.1 Å². The molecule has 0 aliphatic carbocycles. The van der Waals surface area contributed by atoms with Crippen LogP contribution in [0.25, 0.3) is 0 Å². The van der Waals surface area contributed by atoms with E-state index in [0.29, 0.717) is 0 Å². The molecule has 7 heteroatoms. The average molecular weight is 333 g/mol. The molecule has 1 amide bonds. The van der Waals surface area contributed by atoms with Crippen molar-refractivity contribution in [1.29, 1.82) is 0 Å². The lowest BCUT2D eigenvalue weighted by Crippen LogP contribution is -2.38. The van der Waals surface area contributed by atoms with Crippen LogP contribution in [0.3, 0.4) is 0 Å². The predicted octanol–water partition coefficient (Wildman–Crippen LogP) is 1.80. The van der Waals surface area contributed by atoms with Gasteiger partial charge >= 0.3 is 0 Å². The second-order valence-electron chi connectivity index (χ2n) is 5.10. The fourth-order valence-electron chi connectivity index (χ4n) is 2.06. The number of rotatable bonds is 6. The van der Waals surface area contributed by atoms with Crippen LogP contribution in [-0.2, 0) is 21.4 Å². The fraction of sp³-hybridized carbons (Fsp3) is 0.188. The van der Waals surface area contributed by atoms with Crippen molar-refractivity contribution in [3.8, 4) is 0 Å². The van der Waals surface area contributed by atoms with E-state index in [1.54, 1.807) is 36.4 Å². The lowest BCUT2D eigenvalue weighted by Gasteiger charge is -2.23. The monoisotopic (exact) mass is 333 g/mol. The second-order valence-corrected chi connectivity index (χ2v) is 7.03. The minimum absolute atomic E-state index is 0.00443. The molecule has 0 unspecified atom stereocenters. The minimum atomic E-state index is -3.89.